The molecule has 0 spiro atoms. The van der Waals surface area contributed by atoms with Crippen molar-refractivity contribution in [1.29, 1.82) is 5.26 Å². The lowest BCUT2D eigenvalue weighted by Gasteiger charge is -2.08. The summed E-state index contributed by atoms with van der Waals surface area (Å²) < 4.78 is 10.3. The van der Waals surface area contributed by atoms with E-state index in [-0.39, 0.29) is 5.56 Å². The Kier molecular flexibility index (Phi) is 2.71. The molecule has 0 aliphatic carbocycles. The third-order valence-corrected chi connectivity index (χ3v) is 2.47. The summed E-state index contributed by atoms with van der Waals surface area (Å²) in [5.74, 6) is 1.13. The number of fused-ring (bicyclic) bond motifs is 1. The van der Waals surface area contributed by atoms with E-state index in [2.05, 4.69) is 4.98 Å². The lowest BCUT2D eigenvalue weighted by atomic mass is 10.1. The van der Waals surface area contributed by atoms with Gasteiger partial charge in [-0.15, -0.1) is 0 Å². The minimum absolute atomic E-state index is 0.0565. The van der Waals surface area contributed by atoms with E-state index in [1.54, 1.807) is 12.1 Å². The first-order chi connectivity index (χ1) is 8.19. The summed E-state index contributed by atoms with van der Waals surface area (Å²) in [5.41, 5.74) is 0.210. The van der Waals surface area contributed by atoms with Gasteiger partial charge in [0.2, 0.25) is 0 Å². The molecule has 2 rings (SSSR count). The number of nitriles is 1. The lowest BCUT2D eigenvalue weighted by Crippen LogP contribution is -2.09. The van der Waals surface area contributed by atoms with Gasteiger partial charge in [-0.1, -0.05) is 0 Å². The number of aromatic nitrogens is 1. The number of nitrogens with one attached hydrogen (secondary N) is 1. The summed E-state index contributed by atoms with van der Waals surface area (Å²) in [5, 5.41) is 9.48. The Labute approximate surface area is 97.2 Å². The van der Waals surface area contributed by atoms with Crippen molar-refractivity contribution < 1.29 is 9.47 Å². The number of hydrogen-bond acceptors (Lipinski definition) is 4. The molecule has 0 aliphatic rings. The topological polar surface area (TPSA) is 75.1 Å². The van der Waals surface area contributed by atoms with E-state index in [9.17, 15) is 4.79 Å². The second-order valence-electron chi connectivity index (χ2n) is 3.41. The average molecular weight is 230 g/mol. The molecule has 2 aromatic rings. The van der Waals surface area contributed by atoms with Crippen molar-refractivity contribution in [3.05, 3.63) is 34.1 Å². The Morgan fingerprint density at radius 3 is 2.59 bits per heavy atom. The molecular formula is C12H10N2O3. The van der Waals surface area contributed by atoms with Crippen molar-refractivity contribution in [2.75, 3.05) is 14.2 Å². The van der Waals surface area contributed by atoms with Crippen LogP contribution in [0.4, 0.5) is 0 Å². The fourth-order valence-electron chi connectivity index (χ4n) is 1.62. The fraction of sp³-hybridized carbons (Fsp3) is 0.167. The molecule has 0 unspecified atom stereocenters. The first kappa shape index (κ1) is 11.0. The SMILES string of the molecule is COc1cc(OC)c2cc(C#N)c(=O)[nH]c2c1. The molecular weight excluding hydrogens is 220 g/mol. The van der Waals surface area contributed by atoms with Crippen LogP contribution in [0.15, 0.2) is 23.0 Å². The highest BCUT2D eigenvalue weighted by Crippen LogP contribution is 2.29. The maximum Gasteiger partial charge on any atom is 0.266 e. The van der Waals surface area contributed by atoms with Crippen LogP contribution in [0.25, 0.3) is 10.9 Å². The van der Waals surface area contributed by atoms with Crippen molar-refractivity contribution in [2.45, 2.75) is 0 Å². The minimum Gasteiger partial charge on any atom is -0.497 e. The molecule has 0 aliphatic heterocycles. The van der Waals surface area contributed by atoms with Crippen LogP contribution >= 0.6 is 0 Å². The van der Waals surface area contributed by atoms with Gasteiger partial charge in [0, 0.05) is 17.5 Å². The molecule has 17 heavy (non-hydrogen) atoms. The second kappa shape index (κ2) is 4.18. The van der Waals surface area contributed by atoms with Crippen molar-refractivity contribution in [3.8, 4) is 17.6 Å². The second-order valence-corrected chi connectivity index (χ2v) is 3.41. The molecule has 0 fully saturated rings. The van der Waals surface area contributed by atoms with Crippen LogP contribution in [0.2, 0.25) is 0 Å². The lowest BCUT2D eigenvalue weighted by molar-refractivity contribution is 0.398. The van der Waals surface area contributed by atoms with Crippen LogP contribution in [0, 0.1) is 11.3 Å². The summed E-state index contributed by atoms with van der Waals surface area (Å²) in [7, 11) is 3.05. The van der Waals surface area contributed by atoms with Crippen LogP contribution in [0.3, 0.4) is 0 Å². The molecule has 1 heterocycles. The third-order valence-electron chi connectivity index (χ3n) is 2.47. The van der Waals surface area contributed by atoms with Gasteiger partial charge in [-0.2, -0.15) is 5.26 Å². The summed E-state index contributed by atoms with van der Waals surface area (Å²) in [4.78, 5) is 14.1. The van der Waals surface area contributed by atoms with E-state index in [1.165, 1.54) is 20.3 Å². The summed E-state index contributed by atoms with van der Waals surface area (Å²) in [6.45, 7) is 0. The van der Waals surface area contributed by atoms with Crippen molar-refractivity contribution in [1.82, 2.24) is 4.98 Å². The van der Waals surface area contributed by atoms with Gasteiger partial charge in [0.05, 0.1) is 19.7 Å². The van der Waals surface area contributed by atoms with Crippen molar-refractivity contribution in [2.24, 2.45) is 0 Å². The maximum absolute atomic E-state index is 11.5. The standard InChI is InChI=1S/C12H10N2O3/c1-16-8-4-10-9(11(5-8)17-2)3-7(6-13)12(15)14-10/h3-5H,1-2H3,(H,14,15). The number of H-pyrrole nitrogens is 1. The van der Waals surface area contributed by atoms with Gasteiger partial charge in [-0.3, -0.25) is 4.79 Å². The minimum atomic E-state index is -0.421. The monoisotopic (exact) mass is 230 g/mol. The number of pyridine rings is 1. The summed E-state index contributed by atoms with van der Waals surface area (Å²) >= 11 is 0. The van der Waals surface area contributed by atoms with Gasteiger partial charge in [0.15, 0.2) is 0 Å². The quantitative estimate of drug-likeness (QED) is 0.846. The number of ether oxygens (including phenoxy) is 2. The molecule has 1 N–H and O–H groups in total. The van der Waals surface area contributed by atoms with E-state index < -0.39 is 5.56 Å². The first-order valence-electron chi connectivity index (χ1n) is 4.88. The molecule has 0 saturated carbocycles. The molecule has 0 radical (unpaired) electrons. The summed E-state index contributed by atoms with van der Waals surface area (Å²) in [6, 6.07) is 6.72. The highest BCUT2D eigenvalue weighted by molar-refractivity contribution is 5.87. The Balaban J connectivity index is 2.86. The Hall–Kier alpha value is -2.48. The highest BCUT2D eigenvalue weighted by Gasteiger charge is 2.09. The van der Waals surface area contributed by atoms with E-state index in [0.717, 1.165) is 0 Å². The molecule has 0 saturated heterocycles. The number of rotatable bonds is 2. The Bertz CT molecular complexity index is 668. The van der Waals surface area contributed by atoms with Gasteiger partial charge >= 0.3 is 0 Å². The first-order valence-corrected chi connectivity index (χ1v) is 4.88. The fourth-order valence-corrected chi connectivity index (χ4v) is 1.62. The van der Waals surface area contributed by atoms with Gasteiger partial charge in [0.1, 0.15) is 23.1 Å². The van der Waals surface area contributed by atoms with E-state index >= 15 is 0 Å². The van der Waals surface area contributed by atoms with Crippen LogP contribution in [0.1, 0.15) is 5.56 Å². The Morgan fingerprint density at radius 1 is 1.24 bits per heavy atom. The van der Waals surface area contributed by atoms with E-state index in [4.69, 9.17) is 14.7 Å². The van der Waals surface area contributed by atoms with Gasteiger partial charge in [0.25, 0.3) is 5.56 Å². The summed E-state index contributed by atoms with van der Waals surface area (Å²) in [6.07, 6.45) is 0. The largest absolute Gasteiger partial charge is 0.497 e. The molecule has 0 bridgehead atoms. The molecule has 86 valence electrons. The normalized spacial score (nSPS) is 9.94. The Morgan fingerprint density at radius 2 is 2.00 bits per heavy atom. The molecule has 5 heteroatoms. The third kappa shape index (κ3) is 1.81. The predicted molar refractivity (Wildman–Crippen MR) is 62.4 cm³/mol. The van der Waals surface area contributed by atoms with Crippen LogP contribution in [0.5, 0.6) is 11.5 Å². The van der Waals surface area contributed by atoms with E-state index in [0.29, 0.717) is 22.4 Å². The van der Waals surface area contributed by atoms with Gasteiger partial charge in [-0.05, 0) is 6.07 Å². The molecule has 5 nitrogen and oxygen atoms in total. The van der Waals surface area contributed by atoms with E-state index in [1.807, 2.05) is 6.07 Å². The van der Waals surface area contributed by atoms with Crippen LogP contribution < -0.4 is 15.0 Å². The molecule has 1 aromatic heterocycles. The number of benzene rings is 1. The molecule has 0 amide bonds. The van der Waals surface area contributed by atoms with Crippen molar-refractivity contribution >= 4 is 10.9 Å². The van der Waals surface area contributed by atoms with Crippen molar-refractivity contribution in [3.63, 3.8) is 0 Å². The highest BCUT2D eigenvalue weighted by atomic mass is 16.5. The molecule has 0 atom stereocenters. The van der Waals surface area contributed by atoms with Gasteiger partial charge in [-0.25, -0.2) is 0 Å². The average Bonchev–Trinajstić information content (AvgIpc) is 2.36. The molecule has 1 aromatic carbocycles. The number of nitrogens with zero attached hydrogens (tertiary/aromatic N) is 1. The van der Waals surface area contributed by atoms with Crippen LogP contribution in [-0.2, 0) is 0 Å². The smallest absolute Gasteiger partial charge is 0.266 e. The van der Waals surface area contributed by atoms with Crippen LogP contribution in [-0.4, -0.2) is 19.2 Å². The van der Waals surface area contributed by atoms with Gasteiger partial charge < -0.3 is 14.5 Å². The number of hydrogen-bond donors (Lipinski definition) is 1. The zero-order valence-corrected chi connectivity index (χ0v) is 9.40. The number of aromatic amines is 1. The zero-order valence-electron chi connectivity index (χ0n) is 9.40. The maximum atomic E-state index is 11.5. The zero-order chi connectivity index (χ0) is 12.4. The number of methoxy groups -OCH3 is 2. The predicted octanol–water partition coefficient (Wildman–Crippen LogP) is 1.42.